The van der Waals surface area contributed by atoms with Crippen LogP contribution in [-0.4, -0.2) is 31.4 Å². The van der Waals surface area contributed by atoms with E-state index in [1.807, 2.05) is 6.92 Å². The van der Waals surface area contributed by atoms with Gasteiger partial charge in [-0.2, -0.15) is 10.2 Å². The van der Waals surface area contributed by atoms with Crippen molar-refractivity contribution in [1.29, 1.82) is 0 Å². The third kappa shape index (κ3) is 3.69. The molecule has 2 rings (SSSR count). The molecule has 112 valence electrons. The van der Waals surface area contributed by atoms with Crippen LogP contribution >= 0.6 is 15.9 Å². The van der Waals surface area contributed by atoms with E-state index in [1.165, 1.54) is 10.9 Å². The summed E-state index contributed by atoms with van der Waals surface area (Å²) in [5.41, 5.74) is 5.84. The Labute approximate surface area is 129 Å². The average molecular weight is 355 g/mol. The van der Waals surface area contributed by atoms with Crippen LogP contribution < -0.4 is 11.1 Å². The second kappa shape index (κ2) is 6.53. The highest BCUT2D eigenvalue weighted by Gasteiger charge is 2.17. The first-order chi connectivity index (χ1) is 10.0. The molecule has 0 unspecified atom stereocenters. The summed E-state index contributed by atoms with van der Waals surface area (Å²) in [5.74, 6) is -0.861. The molecule has 0 aromatic carbocycles. The van der Waals surface area contributed by atoms with Crippen molar-refractivity contribution in [3.63, 3.8) is 0 Å². The van der Waals surface area contributed by atoms with Gasteiger partial charge in [-0.3, -0.25) is 19.0 Å². The van der Waals surface area contributed by atoms with Crippen LogP contribution in [0.25, 0.3) is 0 Å². The summed E-state index contributed by atoms with van der Waals surface area (Å²) in [7, 11) is 0. The van der Waals surface area contributed by atoms with Crippen LogP contribution in [0.1, 0.15) is 23.8 Å². The predicted octanol–water partition coefficient (Wildman–Crippen LogP) is 0.990. The molecule has 21 heavy (non-hydrogen) atoms. The summed E-state index contributed by atoms with van der Waals surface area (Å²) < 4.78 is 3.94. The number of rotatable bonds is 6. The predicted molar refractivity (Wildman–Crippen MR) is 79.6 cm³/mol. The fraction of sp³-hybridized carbons (Fsp3) is 0.333. The molecule has 2 aromatic heterocycles. The molecular formula is C12H15BrN6O2. The number of primary amides is 1. The van der Waals surface area contributed by atoms with Gasteiger partial charge >= 0.3 is 0 Å². The van der Waals surface area contributed by atoms with Crippen molar-refractivity contribution < 1.29 is 9.59 Å². The zero-order valence-electron chi connectivity index (χ0n) is 11.4. The smallest absolute Gasteiger partial charge is 0.269 e. The van der Waals surface area contributed by atoms with Crippen LogP contribution in [0.2, 0.25) is 0 Å². The maximum absolute atomic E-state index is 11.9. The molecule has 0 bridgehead atoms. The number of hydrogen-bond acceptors (Lipinski definition) is 4. The zero-order valence-corrected chi connectivity index (χ0v) is 13.0. The molecule has 0 aliphatic heterocycles. The van der Waals surface area contributed by atoms with E-state index >= 15 is 0 Å². The van der Waals surface area contributed by atoms with Gasteiger partial charge in [0.15, 0.2) is 0 Å². The molecule has 2 heterocycles. The van der Waals surface area contributed by atoms with E-state index in [4.69, 9.17) is 5.73 Å². The molecule has 2 aromatic rings. The molecule has 0 aliphatic carbocycles. The summed E-state index contributed by atoms with van der Waals surface area (Å²) in [4.78, 5) is 23.3. The quantitative estimate of drug-likeness (QED) is 0.806. The number of aromatic nitrogens is 4. The third-order valence-electron chi connectivity index (χ3n) is 2.82. The molecule has 0 fully saturated rings. The van der Waals surface area contributed by atoms with Gasteiger partial charge in [-0.25, -0.2) is 0 Å². The lowest BCUT2D eigenvalue weighted by Crippen LogP contribution is -2.21. The Kier molecular flexibility index (Phi) is 4.73. The summed E-state index contributed by atoms with van der Waals surface area (Å²) in [6, 6.07) is 0. The van der Waals surface area contributed by atoms with Crippen LogP contribution in [0.15, 0.2) is 23.1 Å². The van der Waals surface area contributed by atoms with Gasteiger partial charge < -0.3 is 11.1 Å². The normalized spacial score (nSPS) is 10.6. The van der Waals surface area contributed by atoms with Crippen LogP contribution in [0, 0.1) is 0 Å². The van der Waals surface area contributed by atoms with E-state index in [1.54, 1.807) is 17.1 Å². The van der Waals surface area contributed by atoms with Crippen molar-refractivity contribution in [3.05, 3.63) is 28.8 Å². The van der Waals surface area contributed by atoms with Crippen LogP contribution in [0.3, 0.4) is 0 Å². The highest BCUT2D eigenvalue weighted by molar-refractivity contribution is 9.10. The van der Waals surface area contributed by atoms with E-state index in [9.17, 15) is 9.59 Å². The average Bonchev–Trinajstić information content (AvgIpc) is 3.02. The van der Waals surface area contributed by atoms with Gasteiger partial charge in [0, 0.05) is 25.7 Å². The van der Waals surface area contributed by atoms with Crippen molar-refractivity contribution in [2.24, 2.45) is 5.73 Å². The molecule has 0 atom stereocenters. The number of carbonyl (C=O) groups is 2. The van der Waals surface area contributed by atoms with Crippen molar-refractivity contribution >= 4 is 33.4 Å². The number of nitrogens with two attached hydrogens (primary N) is 1. The number of carbonyl (C=O) groups excluding carboxylic acids is 2. The Morgan fingerprint density at radius 3 is 2.71 bits per heavy atom. The maximum atomic E-state index is 11.9. The fourth-order valence-electron chi connectivity index (χ4n) is 1.87. The number of halogens is 1. The van der Waals surface area contributed by atoms with Gasteiger partial charge in [0.1, 0.15) is 5.69 Å². The van der Waals surface area contributed by atoms with Crippen molar-refractivity contribution in [2.45, 2.75) is 26.4 Å². The molecule has 0 saturated carbocycles. The molecule has 0 radical (unpaired) electrons. The van der Waals surface area contributed by atoms with Gasteiger partial charge in [-0.1, -0.05) is 0 Å². The molecule has 2 amide bonds. The van der Waals surface area contributed by atoms with E-state index in [-0.39, 0.29) is 18.0 Å². The van der Waals surface area contributed by atoms with Gasteiger partial charge in [-0.05, 0) is 22.9 Å². The second-order valence-electron chi connectivity index (χ2n) is 4.31. The number of hydrogen-bond donors (Lipinski definition) is 2. The molecule has 9 heteroatoms. The number of anilines is 1. The first-order valence-electron chi connectivity index (χ1n) is 6.34. The SMILES string of the molecule is CCn1ncc(NC(=O)CCn2cc(Br)cn2)c1C(N)=O. The zero-order chi connectivity index (χ0) is 15.4. The summed E-state index contributed by atoms with van der Waals surface area (Å²) in [5, 5.41) is 10.7. The molecule has 3 N–H and O–H groups in total. The Balaban J connectivity index is 1.99. The Bertz CT molecular complexity index is 663. The largest absolute Gasteiger partial charge is 0.364 e. The summed E-state index contributed by atoms with van der Waals surface area (Å²) in [6.07, 6.45) is 5.07. The fourth-order valence-corrected chi connectivity index (χ4v) is 2.19. The maximum Gasteiger partial charge on any atom is 0.269 e. The Morgan fingerprint density at radius 1 is 1.38 bits per heavy atom. The van der Waals surface area contributed by atoms with Crippen LogP contribution in [0.5, 0.6) is 0 Å². The van der Waals surface area contributed by atoms with Crippen molar-refractivity contribution in [2.75, 3.05) is 5.32 Å². The van der Waals surface area contributed by atoms with Gasteiger partial charge in [0.05, 0.1) is 22.6 Å². The van der Waals surface area contributed by atoms with Crippen molar-refractivity contribution in [1.82, 2.24) is 19.6 Å². The minimum atomic E-state index is -0.624. The third-order valence-corrected chi connectivity index (χ3v) is 3.23. The molecule has 8 nitrogen and oxygen atoms in total. The minimum absolute atomic E-state index is 0.202. The van der Waals surface area contributed by atoms with Crippen LogP contribution in [-0.2, 0) is 17.9 Å². The number of nitrogens with one attached hydrogen (secondary N) is 1. The molecular weight excluding hydrogens is 340 g/mol. The van der Waals surface area contributed by atoms with E-state index in [0.717, 1.165) is 4.47 Å². The van der Waals surface area contributed by atoms with Crippen molar-refractivity contribution in [3.8, 4) is 0 Å². The lowest BCUT2D eigenvalue weighted by atomic mass is 10.3. The lowest BCUT2D eigenvalue weighted by molar-refractivity contribution is -0.116. The van der Waals surface area contributed by atoms with Crippen LogP contribution in [0.4, 0.5) is 5.69 Å². The van der Waals surface area contributed by atoms with Gasteiger partial charge in [0.2, 0.25) is 5.91 Å². The molecule has 0 spiro atoms. The monoisotopic (exact) mass is 354 g/mol. The highest BCUT2D eigenvalue weighted by atomic mass is 79.9. The number of nitrogens with zero attached hydrogens (tertiary/aromatic N) is 4. The lowest BCUT2D eigenvalue weighted by Gasteiger charge is -2.06. The van der Waals surface area contributed by atoms with E-state index < -0.39 is 5.91 Å². The summed E-state index contributed by atoms with van der Waals surface area (Å²) >= 11 is 3.28. The summed E-state index contributed by atoms with van der Waals surface area (Å²) in [6.45, 7) is 2.77. The Morgan fingerprint density at radius 2 is 2.14 bits per heavy atom. The molecule has 0 saturated heterocycles. The van der Waals surface area contributed by atoms with E-state index in [2.05, 4.69) is 31.4 Å². The number of amides is 2. The Hall–Kier alpha value is -2.16. The second-order valence-corrected chi connectivity index (χ2v) is 5.22. The van der Waals surface area contributed by atoms with E-state index in [0.29, 0.717) is 18.8 Å². The molecule has 0 aliphatic rings. The highest BCUT2D eigenvalue weighted by Crippen LogP contribution is 2.15. The topological polar surface area (TPSA) is 108 Å². The minimum Gasteiger partial charge on any atom is -0.364 e. The first kappa shape index (κ1) is 15.2. The van der Waals surface area contributed by atoms with Gasteiger partial charge in [-0.15, -0.1) is 0 Å². The first-order valence-corrected chi connectivity index (χ1v) is 7.14. The standard InChI is InChI=1S/C12H15BrN6O2/c1-2-19-11(12(14)21)9(6-16-19)17-10(20)3-4-18-7-8(13)5-15-18/h5-7H,2-4H2,1H3,(H2,14,21)(H,17,20). The number of aryl methyl sites for hydroxylation is 2. The van der Waals surface area contributed by atoms with Gasteiger partial charge in [0.25, 0.3) is 5.91 Å².